The molecule has 2 aromatic heterocycles. The zero-order valence-corrected chi connectivity index (χ0v) is 18.7. The molecule has 178 valence electrons. The van der Waals surface area contributed by atoms with Crippen LogP contribution in [0.2, 0.25) is 5.02 Å². The normalized spacial score (nSPS) is 12.8. The number of hydrogen-bond donors (Lipinski definition) is 1. The Kier molecular flexibility index (Phi) is 6.58. The predicted molar refractivity (Wildman–Crippen MR) is 119 cm³/mol. The van der Waals surface area contributed by atoms with Crippen LogP contribution in [0.15, 0.2) is 59.4 Å². The molecule has 8 nitrogen and oxygen atoms in total. The van der Waals surface area contributed by atoms with Gasteiger partial charge in [0.1, 0.15) is 12.6 Å². The summed E-state index contributed by atoms with van der Waals surface area (Å²) in [4.78, 5) is 17.3. The van der Waals surface area contributed by atoms with Crippen LogP contribution >= 0.6 is 11.6 Å². The van der Waals surface area contributed by atoms with Crippen LogP contribution in [0.1, 0.15) is 31.1 Å². The summed E-state index contributed by atoms with van der Waals surface area (Å²) in [6, 6.07) is 15.3. The molecule has 0 bridgehead atoms. The van der Waals surface area contributed by atoms with Crippen molar-refractivity contribution in [3.8, 4) is 17.1 Å². The fraction of sp³-hybridized carbons (Fsp3) is 0.273. The molecule has 2 aromatic carbocycles. The van der Waals surface area contributed by atoms with Crippen LogP contribution in [-0.2, 0) is 13.1 Å². The van der Waals surface area contributed by atoms with Crippen LogP contribution < -0.4 is 5.69 Å². The van der Waals surface area contributed by atoms with E-state index in [4.69, 9.17) is 11.6 Å². The van der Waals surface area contributed by atoms with Crippen molar-refractivity contribution in [2.45, 2.75) is 38.7 Å². The average Bonchev–Trinajstić information content (AvgIpc) is 3.35. The number of aliphatic hydroxyl groups is 1. The summed E-state index contributed by atoms with van der Waals surface area (Å²) < 4.78 is 42.1. The highest BCUT2D eigenvalue weighted by atomic mass is 35.5. The number of alkyl halides is 3. The van der Waals surface area contributed by atoms with E-state index in [1.807, 2.05) is 6.07 Å². The standard InChI is InChI=1S/C22H20ClF3N6O2/c1-14(33)19-27-18(28-32(19)17-5-3-2-4-6-17)13-31-21(34)30(12-11-22(24,25)26)20(29-31)15-7-9-16(23)10-8-15/h2-10,14,33H,11-13H2,1H3. The summed E-state index contributed by atoms with van der Waals surface area (Å²) in [6.07, 6.45) is -6.58. The lowest BCUT2D eigenvalue weighted by Gasteiger charge is -2.08. The maximum atomic E-state index is 13.0. The summed E-state index contributed by atoms with van der Waals surface area (Å²) in [6.45, 7) is 0.743. The molecule has 4 rings (SSSR count). The molecule has 0 radical (unpaired) electrons. The Morgan fingerprint density at radius 3 is 2.35 bits per heavy atom. The molecule has 4 aromatic rings. The average molecular weight is 493 g/mol. The first kappa shape index (κ1) is 23.7. The van der Waals surface area contributed by atoms with Gasteiger partial charge in [-0.1, -0.05) is 29.8 Å². The van der Waals surface area contributed by atoms with E-state index in [-0.39, 0.29) is 24.0 Å². The second kappa shape index (κ2) is 9.43. The van der Waals surface area contributed by atoms with Crippen molar-refractivity contribution in [1.82, 2.24) is 29.1 Å². The lowest BCUT2D eigenvalue weighted by atomic mass is 10.2. The van der Waals surface area contributed by atoms with Gasteiger partial charge in [0.25, 0.3) is 0 Å². The van der Waals surface area contributed by atoms with Crippen LogP contribution in [0.3, 0.4) is 0 Å². The van der Waals surface area contributed by atoms with E-state index in [0.717, 1.165) is 9.25 Å². The first-order valence-electron chi connectivity index (χ1n) is 10.3. The molecule has 0 aliphatic heterocycles. The zero-order valence-electron chi connectivity index (χ0n) is 17.9. The van der Waals surface area contributed by atoms with Gasteiger partial charge in [-0.25, -0.2) is 19.1 Å². The Morgan fingerprint density at radius 1 is 1.06 bits per heavy atom. The molecule has 0 amide bonds. The largest absolute Gasteiger partial charge is 0.390 e. The highest BCUT2D eigenvalue weighted by molar-refractivity contribution is 6.30. The van der Waals surface area contributed by atoms with E-state index in [1.54, 1.807) is 48.5 Å². The van der Waals surface area contributed by atoms with Gasteiger partial charge in [0, 0.05) is 17.1 Å². The highest BCUT2D eigenvalue weighted by Crippen LogP contribution is 2.23. The molecule has 0 aliphatic rings. The van der Waals surface area contributed by atoms with E-state index < -0.39 is 30.9 Å². The summed E-state index contributed by atoms with van der Waals surface area (Å²) in [5, 5.41) is 19.2. The van der Waals surface area contributed by atoms with Gasteiger partial charge in [-0.15, -0.1) is 10.2 Å². The van der Waals surface area contributed by atoms with E-state index in [9.17, 15) is 23.1 Å². The van der Waals surface area contributed by atoms with Crippen molar-refractivity contribution in [3.63, 3.8) is 0 Å². The maximum Gasteiger partial charge on any atom is 0.390 e. The van der Waals surface area contributed by atoms with Gasteiger partial charge >= 0.3 is 11.9 Å². The molecular formula is C22H20ClF3N6O2. The van der Waals surface area contributed by atoms with E-state index in [1.165, 1.54) is 11.6 Å². The van der Waals surface area contributed by atoms with E-state index in [2.05, 4.69) is 15.2 Å². The lowest BCUT2D eigenvalue weighted by molar-refractivity contribution is -0.136. The molecule has 1 atom stereocenters. The molecule has 34 heavy (non-hydrogen) atoms. The number of aliphatic hydroxyl groups excluding tert-OH is 1. The molecule has 0 spiro atoms. The Bertz CT molecular complexity index is 1330. The van der Waals surface area contributed by atoms with Crippen LogP contribution in [0.5, 0.6) is 0 Å². The number of rotatable bonds is 7. The molecule has 2 heterocycles. The van der Waals surface area contributed by atoms with Gasteiger partial charge in [-0.2, -0.15) is 13.2 Å². The van der Waals surface area contributed by atoms with Gasteiger partial charge in [0.15, 0.2) is 17.5 Å². The molecule has 0 aliphatic carbocycles. The van der Waals surface area contributed by atoms with Crippen LogP contribution in [0.25, 0.3) is 17.1 Å². The third kappa shape index (κ3) is 5.20. The number of benzene rings is 2. The molecule has 1 N–H and O–H groups in total. The Labute approximate surface area is 196 Å². The van der Waals surface area contributed by atoms with Crippen molar-refractivity contribution in [2.75, 3.05) is 0 Å². The van der Waals surface area contributed by atoms with Crippen LogP contribution in [0, 0.1) is 0 Å². The second-order valence-electron chi connectivity index (χ2n) is 7.60. The van der Waals surface area contributed by atoms with Gasteiger partial charge in [0.2, 0.25) is 0 Å². The first-order chi connectivity index (χ1) is 16.1. The van der Waals surface area contributed by atoms with Crippen LogP contribution in [-0.4, -0.2) is 40.4 Å². The number of halogens is 4. The Balaban J connectivity index is 1.74. The highest BCUT2D eigenvalue weighted by Gasteiger charge is 2.28. The first-order valence-corrected chi connectivity index (χ1v) is 10.7. The summed E-state index contributed by atoms with van der Waals surface area (Å²) in [5.41, 5.74) is 0.362. The van der Waals surface area contributed by atoms with Gasteiger partial charge < -0.3 is 5.11 Å². The fourth-order valence-electron chi connectivity index (χ4n) is 3.40. The minimum Gasteiger partial charge on any atom is -0.385 e. The molecule has 0 fully saturated rings. The third-order valence-corrected chi connectivity index (χ3v) is 5.24. The van der Waals surface area contributed by atoms with Gasteiger partial charge in [-0.05, 0) is 43.3 Å². The monoisotopic (exact) mass is 492 g/mol. The predicted octanol–water partition coefficient (Wildman–Crippen LogP) is 4.00. The van der Waals surface area contributed by atoms with E-state index in [0.29, 0.717) is 16.3 Å². The minimum absolute atomic E-state index is 0.0733. The lowest BCUT2D eigenvalue weighted by Crippen LogP contribution is -2.27. The summed E-state index contributed by atoms with van der Waals surface area (Å²) >= 11 is 5.91. The van der Waals surface area contributed by atoms with Crippen molar-refractivity contribution < 1.29 is 18.3 Å². The fourth-order valence-corrected chi connectivity index (χ4v) is 3.52. The third-order valence-electron chi connectivity index (χ3n) is 4.99. The van der Waals surface area contributed by atoms with Crippen LogP contribution in [0.4, 0.5) is 13.2 Å². The quantitative estimate of drug-likeness (QED) is 0.421. The SMILES string of the molecule is CC(O)c1nc(Cn2nc(-c3ccc(Cl)cc3)n(CCC(F)(F)F)c2=O)nn1-c1ccccc1. The van der Waals surface area contributed by atoms with Gasteiger partial charge in [0.05, 0.1) is 12.1 Å². The minimum atomic E-state index is -4.44. The van der Waals surface area contributed by atoms with E-state index >= 15 is 0 Å². The molecule has 1 unspecified atom stereocenters. The second-order valence-corrected chi connectivity index (χ2v) is 8.03. The van der Waals surface area contributed by atoms with Crippen molar-refractivity contribution in [3.05, 3.63) is 81.8 Å². The number of hydrogen-bond acceptors (Lipinski definition) is 5. The number of para-hydroxylation sites is 1. The maximum absolute atomic E-state index is 13.0. The zero-order chi connectivity index (χ0) is 24.5. The topological polar surface area (TPSA) is 90.8 Å². The Morgan fingerprint density at radius 2 is 1.74 bits per heavy atom. The van der Waals surface area contributed by atoms with Gasteiger partial charge in [-0.3, -0.25) is 4.57 Å². The molecule has 12 heteroatoms. The Hall–Kier alpha value is -3.44. The molecular weight excluding hydrogens is 473 g/mol. The molecule has 0 saturated carbocycles. The van der Waals surface area contributed by atoms with Crippen molar-refractivity contribution in [2.24, 2.45) is 0 Å². The summed E-state index contributed by atoms with van der Waals surface area (Å²) in [5.74, 6) is 0.498. The smallest absolute Gasteiger partial charge is 0.385 e. The molecule has 0 saturated heterocycles. The number of aromatic nitrogens is 6. The number of nitrogens with zero attached hydrogens (tertiary/aromatic N) is 6. The van der Waals surface area contributed by atoms with Crippen molar-refractivity contribution >= 4 is 11.6 Å². The van der Waals surface area contributed by atoms with Crippen molar-refractivity contribution in [1.29, 1.82) is 0 Å². The summed E-state index contributed by atoms with van der Waals surface area (Å²) in [7, 11) is 0.